The number of benzene rings is 1. The SMILES string of the molecule is Cc1ccc(Nc2nc(N)ncc2F)cc1C. The lowest BCUT2D eigenvalue weighted by Gasteiger charge is -2.08. The van der Waals surface area contributed by atoms with Crippen LogP contribution in [0.3, 0.4) is 0 Å². The molecule has 2 aromatic rings. The number of halogens is 1. The summed E-state index contributed by atoms with van der Waals surface area (Å²) in [6, 6.07) is 5.74. The molecule has 4 nitrogen and oxygen atoms in total. The van der Waals surface area contributed by atoms with Crippen LogP contribution in [0.2, 0.25) is 0 Å². The van der Waals surface area contributed by atoms with E-state index < -0.39 is 5.82 Å². The minimum absolute atomic E-state index is 0.0396. The summed E-state index contributed by atoms with van der Waals surface area (Å²) in [5.41, 5.74) is 8.48. The Kier molecular flexibility index (Phi) is 2.91. The third kappa shape index (κ3) is 2.50. The van der Waals surface area contributed by atoms with Crippen LogP contribution in [0.5, 0.6) is 0 Å². The van der Waals surface area contributed by atoms with Crippen molar-refractivity contribution in [3.63, 3.8) is 0 Å². The highest BCUT2D eigenvalue weighted by Gasteiger charge is 2.06. The summed E-state index contributed by atoms with van der Waals surface area (Å²) in [5.74, 6) is -0.407. The Morgan fingerprint density at radius 3 is 2.71 bits per heavy atom. The van der Waals surface area contributed by atoms with Crippen molar-refractivity contribution in [3.05, 3.63) is 41.3 Å². The van der Waals surface area contributed by atoms with Crippen LogP contribution in [0.25, 0.3) is 0 Å². The number of hydrogen-bond donors (Lipinski definition) is 2. The molecule has 0 aliphatic heterocycles. The van der Waals surface area contributed by atoms with Gasteiger partial charge in [0, 0.05) is 5.69 Å². The highest BCUT2D eigenvalue weighted by atomic mass is 19.1. The van der Waals surface area contributed by atoms with Crippen LogP contribution in [-0.2, 0) is 0 Å². The molecular weight excluding hydrogens is 219 g/mol. The van der Waals surface area contributed by atoms with Crippen molar-refractivity contribution in [2.24, 2.45) is 0 Å². The maximum Gasteiger partial charge on any atom is 0.222 e. The van der Waals surface area contributed by atoms with Crippen LogP contribution in [0, 0.1) is 19.7 Å². The molecule has 1 heterocycles. The number of nitrogens with two attached hydrogens (primary N) is 1. The molecule has 0 saturated heterocycles. The zero-order valence-corrected chi connectivity index (χ0v) is 9.66. The number of anilines is 3. The third-order valence-corrected chi connectivity index (χ3v) is 2.53. The lowest BCUT2D eigenvalue weighted by Crippen LogP contribution is -2.02. The number of hydrogen-bond acceptors (Lipinski definition) is 4. The van der Waals surface area contributed by atoms with E-state index >= 15 is 0 Å². The summed E-state index contributed by atoms with van der Waals surface area (Å²) < 4.78 is 13.4. The molecule has 1 aromatic carbocycles. The van der Waals surface area contributed by atoms with E-state index in [1.54, 1.807) is 0 Å². The Balaban J connectivity index is 2.31. The smallest absolute Gasteiger partial charge is 0.222 e. The summed E-state index contributed by atoms with van der Waals surface area (Å²) in [7, 11) is 0. The fraction of sp³-hybridized carbons (Fsp3) is 0.167. The van der Waals surface area contributed by atoms with Crippen molar-refractivity contribution >= 4 is 17.5 Å². The largest absolute Gasteiger partial charge is 0.368 e. The van der Waals surface area contributed by atoms with Gasteiger partial charge in [0.05, 0.1) is 6.20 Å². The van der Waals surface area contributed by atoms with E-state index in [0.717, 1.165) is 17.4 Å². The Morgan fingerprint density at radius 1 is 1.24 bits per heavy atom. The molecule has 0 atom stereocenters. The van der Waals surface area contributed by atoms with Crippen molar-refractivity contribution < 1.29 is 4.39 Å². The second kappa shape index (κ2) is 4.37. The van der Waals surface area contributed by atoms with E-state index in [2.05, 4.69) is 15.3 Å². The van der Waals surface area contributed by atoms with Crippen LogP contribution in [0.4, 0.5) is 21.8 Å². The van der Waals surface area contributed by atoms with E-state index in [0.29, 0.717) is 0 Å². The first-order valence-electron chi connectivity index (χ1n) is 5.18. The second-order valence-electron chi connectivity index (χ2n) is 3.85. The van der Waals surface area contributed by atoms with Crippen molar-refractivity contribution in [3.8, 4) is 0 Å². The van der Waals surface area contributed by atoms with Gasteiger partial charge in [-0.1, -0.05) is 6.07 Å². The summed E-state index contributed by atoms with van der Waals surface area (Å²) in [4.78, 5) is 7.36. The molecule has 0 fully saturated rings. The predicted octanol–water partition coefficient (Wildman–Crippen LogP) is 2.56. The van der Waals surface area contributed by atoms with Gasteiger partial charge in [-0.2, -0.15) is 4.98 Å². The average molecular weight is 232 g/mol. The highest BCUT2D eigenvalue weighted by Crippen LogP contribution is 2.20. The van der Waals surface area contributed by atoms with Crippen LogP contribution < -0.4 is 11.1 Å². The van der Waals surface area contributed by atoms with Gasteiger partial charge in [-0.25, -0.2) is 9.37 Å². The molecule has 0 unspecified atom stereocenters. The molecule has 1 aromatic heterocycles. The fourth-order valence-corrected chi connectivity index (χ4v) is 1.42. The first-order chi connectivity index (χ1) is 8.06. The third-order valence-electron chi connectivity index (χ3n) is 2.53. The Labute approximate surface area is 98.7 Å². The van der Waals surface area contributed by atoms with Crippen molar-refractivity contribution in [2.75, 3.05) is 11.1 Å². The highest BCUT2D eigenvalue weighted by molar-refractivity contribution is 5.58. The van der Waals surface area contributed by atoms with E-state index in [4.69, 9.17) is 5.73 Å². The molecule has 0 radical (unpaired) electrons. The fourth-order valence-electron chi connectivity index (χ4n) is 1.42. The van der Waals surface area contributed by atoms with Gasteiger partial charge >= 0.3 is 0 Å². The van der Waals surface area contributed by atoms with Crippen LogP contribution >= 0.6 is 0 Å². The molecule has 2 rings (SSSR count). The lowest BCUT2D eigenvalue weighted by molar-refractivity contribution is 0.620. The summed E-state index contributed by atoms with van der Waals surface area (Å²) in [5, 5.41) is 2.87. The Bertz CT molecular complexity index is 554. The average Bonchev–Trinajstić information content (AvgIpc) is 2.29. The number of aromatic nitrogens is 2. The van der Waals surface area contributed by atoms with Gasteiger partial charge in [-0.05, 0) is 37.1 Å². The summed E-state index contributed by atoms with van der Waals surface area (Å²) in [6.45, 7) is 4.01. The van der Waals surface area contributed by atoms with Crippen LogP contribution in [0.15, 0.2) is 24.4 Å². The van der Waals surface area contributed by atoms with Gasteiger partial charge in [0.15, 0.2) is 11.6 Å². The molecular formula is C12H13FN4. The van der Waals surface area contributed by atoms with E-state index in [1.807, 2.05) is 32.0 Å². The number of aryl methyl sites for hydroxylation is 2. The van der Waals surface area contributed by atoms with Gasteiger partial charge < -0.3 is 11.1 Å². The number of nitrogen functional groups attached to an aromatic ring is 1. The zero-order valence-electron chi connectivity index (χ0n) is 9.66. The molecule has 0 bridgehead atoms. The molecule has 0 amide bonds. The molecule has 0 spiro atoms. The predicted molar refractivity (Wildman–Crippen MR) is 65.6 cm³/mol. The van der Waals surface area contributed by atoms with E-state index in [1.165, 1.54) is 5.56 Å². The van der Waals surface area contributed by atoms with Crippen molar-refractivity contribution in [2.45, 2.75) is 13.8 Å². The molecule has 3 N–H and O–H groups in total. The van der Waals surface area contributed by atoms with Gasteiger partial charge in [-0.3, -0.25) is 0 Å². The quantitative estimate of drug-likeness (QED) is 0.835. The first kappa shape index (κ1) is 11.3. The monoisotopic (exact) mass is 232 g/mol. The van der Waals surface area contributed by atoms with E-state index in [9.17, 15) is 4.39 Å². The van der Waals surface area contributed by atoms with E-state index in [-0.39, 0.29) is 11.8 Å². The molecule has 88 valence electrons. The topological polar surface area (TPSA) is 63.8 Å². The number of nitrogens with zero attached hydrogens (tertiary/aromatic N) is 2. The minimum Gasteiger partial charge on any atom is -0.368 e. The molecule has 17 heavy (non-hydrogen) atoms. The van der Waals surface area contributed by atoms with Gasteiger partial charge in [0.1, 0.15) is 0 Å². The summed E-state index contributed by atoms with van der Waals surface area (Å²) >= 11 is 0. The summed E-state index contributed by atoms with van der Waals surface area (Å²) in [6.07, 6.45) is 1.05. The second-order valence-corrected chi connectivity index (χ2v) is 3.85. The normalized spacial score (nSPS) is 10.3. The van der Waals surface area contributed by atoms with Crippen molar-refractivity contribution in [1.82, 2.24) is 9.97 Å². The number of rotatable bonds is 2. The maximum absolute atomic E-state index is 13.4. The lowest BCUT2D eigenvalue weighted by atomic mass is 10.1. The molecule has 5 heteroatoms. The number of nitrogens with one attached hydrogen (secondary N) is 1. The van der Waals surface area contributed by atoms with Gasteiger partial charge in [0.25, 0.3) is 0 Å². The van der Waals surface area contributed by atoms with Crippen LogP contribution in [-0.4, -0.2) is 9.97 Å². The zero-order chi connectivity index (χ0) is 12.4. The van der Waals surface area contributed by atoms with Crippen LogP contribution in [0.1, 0.15) is 11.1 Å². The molecule has 0 saturated carbocycles. The maximum atomic E-state index is 13.4. The first-order valence-corrected chi connectivity index (χ1v) is 5.18. The Hall–Kier alpha value is -2.17. The standard InChI is InChI=1S/C12H13FN4/c1-7-3-4-9(5-8(7)2)16-11-10(13)6-15-12(14)17-11/h3-6H,1-2H3,(H3,14,15,16,17). The minimum atomic E-state index is -0.530. The van der Waals surface area contributed by atoms with Gasteiger partial charge in [-0.15, -0.1) is 0 Å². The van der Waals surface area contributed by atoms with Crippen molar-refractivity contribution in [1.29, 1.82) is 0 Å². The molecule has 0 aliphatic carbocycles. The van der Waals surface area contributed by atoms with Gasteiger partial charge in [0.2, 0.25) is 5.95 Å². The molecule has 0 aliphatic rings. The Morgan fingerprint density at radius 2 is 2.00 bits per heavy atom.